The number of anilines is 1. The van der Waals surface area contributed by atoms with Crippen LogP contribution in [0.15, 0.2) is 30.5 Å². The SMILES string of the molecule is Cc1ccc2nc(NC(=O)[C@@H](C)C3CC(C)(F)C3)n(-c3ccc(F)cn3)c2n1. The van der Waals surface area contributed by atoms with Crippen molar-refractivity contribution in [3.8, 4) is 5.82 Å². The fraction of sp³-hybridized carbons (Fsp3) is 0.400. The van der Waals surface area contributed by atoms with E-state index in [1.165, 1.54) is 12.1 Å². The first-order chi connectivity index (χ1) is 13.2. The van der Waals surface area contributed by atoms with Crippen LogP contribution in [0.1, 0.15) is 32.4 Å². The van der Waals surface area contributed by atoms with Crippen LogP contribution >= 0.6 is 0 Å². The standard InChI is InChI=1S/C20H21F2N5O/c1-11-4-6-15-17(24-11)27(16-7-5-14(21)10-23-16)19(25-15)26-18(28)12(2)13-8-20(3,22)9-13/h4-7,10,12-13H,8-9H2,1-3H3,(H,25,26,28)/t12-,13?,20?/m0/s1. The summed E-state index contributed by atoms with van der Waals surface area (Å²) < 4.78 is 28.7. The largest absolute Gasteiger partial charge is 0.295 e. The van der Waals surface area contributed by atoms with Crippen LogP contribution in [0.2, 0.25) is 0 Å². The van der Waals surface area contributed by atoms with Crippen molar-refractivity contribution in [2.24, 2.45) is 11.8 Å². The monoisotopic (exact) mass is 385 g/mol. The zero-order chi connectivity index (χ0) is 20.1. The fourth-order valence-electron chi connectivity index (χ4n) is 3.68. The van der Waals surface area contributed by atoms with Crippen molar-refractivity contribution in [3.05, 3.63) is 42.0 Å². The van der Waals surface area contributed by atoms with Gasteiger partial charge in [0.25, 0.3) is 0 Å². The maximum absolute atomic E-state index is 13.8. The van der Waals surface area contributed by atoms with E-state index >= 15 is 0 Å². The van der Waals surface area contributed by atoms with Gasteiger partial charge in [0.05, 0.1) is 6.20 Å². The zero-order valence-electron chi connectivity index (χ0n) is 15.9. The van der Waals surface area contributed by atoms with Gasteiger partial charge < -0.3 is 0 Å². The Kier molecular flexibility index (Phi) is 4.36. The molecular formula is C20H21F2N5O. The molecule has 3 heterocycles. The molecule has 1 saturated carbocycles. The molecule has 28 heavy (non-hydrogen) atoms. The van der Waals surface area contributed by atoms with Crippen LogP contribution in [0, 0.1) is 24.6 Å². The molecule has 1 atom stereocenters. The first-order valence-corrected chi connectivity index (χ1v) is 9.21. The van der Waals surface area contributed by atoms with Gasteiger partial charge in [-0.2, -0.15) is 0 Å². The van der Waals surface area contributed by atoms with Crippen LogP contribution in [0.5, 0.6) is 0 Å². The van der Waals surface area contributed by atoms with Crippen molar-refractivity contribution in [1.29, 1.82) is 0 Å². The number of halogens is 2. The number of carbonyl (C=O) groups excluding carboxylic acids is 1. The van der Waals surface area contributed by atoms with Gasteiger partial charge in [-0.3, -0.25) is 10.1 Å². The van der Waals surface area contributed by atoms with Crippen molar-refractivity contribution in [1.82, 2.24) is 19.5 Å². The molecular weight excluding hydrogens is 364 g/mol. The molecule has 1 amide bonds. The Hall–Kier alpha value is -2.90. The molecule has 0 saturated heterocycles. The Balaban J connectivity index is 1.69. The second-order valence-corrected chi connectivity index (χ2v) is 7.76. The first-order valence-electron chi connectivity index (χ1n) is 9.21. The van der Waals surface area contributed by atoms with Gasteiger partial charge >= 0.3 is 0 Å². The number of rotatable bonds is 4. The van der Waals surface area contributed by atoms with Gasteiger partial charge in [-0.25, -0.2) is 28.3 Å². The molecule has 0 bridgehead atoms. The normalized spacial score (nSPS) is 22.7. The van der Waals surface area contributed by atoms with Gasteiger partial charge in [0.15, 0.2) is 5.65 Å². The smallest absolute Gasteiger partial charge is 0.229 e. The summed E-state index contributed by atoms with van der Waals surface area (Å²) in [6.45, 7) is 5.20. The van der Waals surface area contributed by atoms with Gasteiger partial charge in [-0.1, -0.05) is 6.92 Å². The lowest BCUT2D eigenvalue weighted by atomic mass is 9.67. The third kappa shape index (κ3) is 3.34. The Bertz CT molecular complexity index is 1040. The zero-order valence-corrected chi connectivity index (χ0v) is 15.9. The van der Waals surface area contributed by atoms with Gasteiger partial charge in [0.1, 0.15) is 22.8 Å². The highest BCUT2D eigenvalue weighted by Crippen LogP contribution is 2.44. The number of nitrogens with zero attached hydrogens (tertiary/aromatic N) is 4. The number of pyridine rings is 2. The number of amides is 1. The van der Waals surface area contributed by atoms with E-state index in [-0.39, 0.29) is 23.7 Å². The summed E-state index contributed by atoms with van der Waals surface area (Å²) in [6.07, 6.45) is 1.85. The quantitative estimate of drug-likeness (QED) is 0.737. The van der Waals surface area contributed by atoms with E-state index in [4.69, 9.17) is 0 Å². The molecule has 3 aromatic rings. The van der Waals surface area contributed by atoms with E-state index in [0.717, 1.165) is 11.9 Å². The summed E-state index contributed by atoms with van der Waals surface area (Å²) in [7, 11) is 0. The van der Waals surface area contributed by atoms with E-state index in [2.05, 4.69) is 20.3 Å². The van der Waals surface area contributed by atoms with Crippen LogP contribution in [-0.2, 0) is 4.79 Å². The summed E-state index contributed by atoms with van der Waals surface area (Å²) in [6, 6.07) is 6.41. The predicted molar refractivity (Wildman–Crippen MR) is 101 cm³/mol. The van der Waals surface area contributed by atoms with Crippen LogP contribution in [0.25, 0.3) is 17.0 Å². The van der Waals surface area contributed by atoms with E-state index in [1.54, 1.807) is 24.5 Å². The number of aromatic nitrogens is 4. The third-order valence-corrected chi connectivity index (χ3v) is 5.32. The molecule has 1 N–H and O–H groups in total. The maximum atomic E-state index is 13.8. The summed E-state index contributed by atoms with van der Waals surface area (Å²) in [5, 5.41) is 2.83. The van der Waals surface area contributed by atoms with E-state index in [0.29, 0.717) is 29.8 Å². The van der Waals surface area contributed by atoms with E-state index < -0.39 is 11.5 Å². The summed E-state index contributed by atoms with van der Waals surface area (Å²) in [5.74, 6) is -0.409. The lowest BCUT2D eigenvalue weighted by molar-refractivity contribution is -0.124. The first kappa shape index (κ1) is 18.5. The Morgan fingerprint density at radius 2 is 2.04 bits per heavy atom. The molecule has 146 valence electrons. The van der Waals surface area contributed by atoms with Crippen LogP contribution in [0.4, 0.5) is 14.7 Å². The Morgan fingerprint density at radius 1 is 1.29 bits per heavy atom. The number of alkyl halides is 1. The topological polar surface area (TPSA) is 72.7 Å². The minimum absolute atomic E-state index is 0.00264. The number of imidazole rings is 1. The molecule has 1 aliphatic rings. The molecule has 1 aliphatic carbocycles. The number of hydrogen-bond donors (Lipinski definition) is 1. The lowest BCUT2D eigenvalue weighted by Gasteiger charge is -2.41. The van der Waals surface area contributed by atoms with Gasteiger partial charge in [-0.05, 0) is 56.9 Å². The van der Waals surface area contributed by atoms with Crippen LogP contribution in [-0.4, -0.2) is 31.1 Å². The predicted octanol–water partition coefficient (Wildman–Crippen LogP) is 3.98. The highest BCUT2D eigenvalue weighted by Gasteiger charge is 2.44. The van der Waals surface area contributed by atoms with Crippen molar-refractivity contribution in [2.45, 2.75) is 39.3 Å². The van der Waals surface area contributed by atoms with Crippen molar-refractivity contribution in [2.75, 3.05) is 5.32 Å². The second-order valence-electron chi connectivity index (χ2n) is 7.76. The summed E-state index contributed by atoms with van der Waals surface area (Å²) in [4.78, 5) is 25.8. The lowest BCUT2D eigenvalue weighted by Crippen LogP contribution is -2.43. The Labute approximate surface area is 161 Å². The van der Waals surface area contributed by atoms with Crippen LogP contribution < -0.4 is 5.32 Å². The highest BCUT2D eigenvalue weighted by molar-refractivity contribution is 5.93. The summed E-state index contributed by atoms with van der Waals surface area (Å²) >= 11 is 0. The fourth-order valence-corrected chi connectivity index (χ4v) is 3.68. The molecule has 8 heteroatoms. The van der Waals surface area contributed by atoms with E-state index in [1.807, 2.05) is 13.0 Å². The molecule has 1 fully saturated rings. The second kappa shape index (κ2) is 6.61. The minimum atomic E-state index is -1.19. The van der Waals surface area contributed by atoms with Gasteiger partial charge in [0, 0.05) is 11.6 Å². The number of fused-ring (bicyclic) bond motifs is 1. The molecule has 0 unspecified atom stereocenters. The number of aryl methyl sites for hydroxylation is 1. The molecule has 0 spiro atoms. The highest BCUT2D eigenvalue weighted by atomic mass is 19.1. The van der Waals surface area contributed by atoms with Crippen molar-refractivity contribution in [3.63, 3.8) is 0 Å². The number of hydrogen-bond acceptors (Lipinski definition) is 4. The molecule has 0 radical (unpaired) electrons. The van der Waals surface area contributed by atoms with Crippen LogP contribution in [0.3, 0.4) is 0 Å². The minimum Gasteiger partial charge on any atom is -0.295 e. The van der Waals surface area contributed by atoms with Crippen molar-refractivity contribution >= 4 is 23.0 Å². The average molecular weight is 385 g/mol. The van der Waals surface area contributed by atoms with Gasteiger partial charge in [-0.15, -0.1) is 0 Å². The molecule has 0 aliphatic heterocycles. The number of carbonyl (C=O) groups is 1. The third-order valence-electron chi connectivity index (χ3n) is 5.32. The van der Waals surface area contributed by atoms with E-state index in [9.17, 15) is 13.6 Å². The van der Waals surface area contributed by atoms with Gasteiger partial charge in [0.2, 0.25) is 11.9 Å². The molecule has 6 nitrogen and oxygen atoms in total. The van der Waals surface area contributed by atoms with Crippen molar-refractivity contribution < 1.29 is 13.6 Å². The number of nitrogens with one attached hydrogen (secondary N) is 1. The summed E-state index contributed by atoms with van der Waals surface area (Å²) in [5.41, 5.74) is 0.687. The molecule has 3 aromatic heterocycles. The average Bonchev–Trinajstić information content (AvgIpc) is 2.96. The molecule has 4 rings (SSSR count). The molecule has 0 aromatic carbocycles. The maximum Gasteiger partial charge on any atom is 0.229 e. The Morgan fingerprint density at radius 3 is 2.68 bits per heavy atom.